The van der Waals surface area contributed by atoms with Gasteiger partial charge < -0.3 is 4.74 Å². The van der Waals surface area contributed by atoms with Crippen LogP contribution in [-0.2, 0) is 9.53 Å². The predicted molar refractivity (Wildman–Crippen MR) is 50.1 cm³/mol. The van der Waals surface area contributed by atoms with Gasteiger partial charge in [0.1, 0.15) is 0 Å². The second-order valence-electron chi connectivity index (χ2n) is 4.15. The summed E-state index contributed by atoms with van der Waals surface area (Å²) in [4.78, 5) is 11.2. The van der Waals surface area contributed by atoms with Gasteiger partial charge in [-0.15, -0.1) is 0 Å². The van der Waals surface area contributed by atoms with E-state index in [1.807, 2.05) is 0 Å². The summed E-state index contributed by atoms with van der Waals surface area (Å²) in [5, 5.41) is 0. The van der Waals surface area contributed by atoms with E-state index in [1.165, 1.54) is 32.8 Å². The van der Waals surface area contributed by atoms with Gasteiger partial charge in [0, 0.05) is 5.57 Å². The zero-order valence-electron chi connectivity index (χ0n) is 8.08. The first-order valence-corrected chi connectivity index (χ1v) is 5.03. The van der Waals surface area contributed by atoms with E-state index in [0.717, 1.165) is 11.8 Å². The van der Waals surface area contributed by atoms with E-state index >= 15 is 0 Å². The summed E-state index contributed by atoms with van der Waals surface area (Å²) in [7, 11) is 1.43. The molecule has 2 aliphatic rings. The summed E-state index contributed by atoms with van der Waals surface area (Å²) < 4.78 is 4.68. The molecule has 0 spiro atoms. The Morgan fingerprint density at radius 2 is 1.85 bits per heavy atom. The molecule has 0 aliphatic heterocycles. The summed E-state index contributed by atoms with van der Waals surface area (Å²) in [5.41, 5.74) is 0.708. The third-order valence-electron chi connectivity index (χ3n) is 3.51. The lowest BCUT2D eigenvalue weighted by atomic mass is 10.0. The number of ether oxygens (including phenoxy) is 1. The van der Waals surface area contributed by atoms with E-state index in [9.17, 15) is 4.79 Å². The molecule has 2 aliphatic carbocycles. The molecule has 13 heavy (non-hydrogen) atoms. The molecule has 0 amide bonds. The van der Waals surface area contributed by atoms with Crippen molar-refractivity contribution in [3.63, 3.8) is 0 Å². The lowest BCUT2D eigenvalue weighted by Crippen LogP contribution is -2.06. The average Bonchev–Trinajstić information content (AvgIpc) is 2.89. The Morgan fingerprint density at radius 3 is 2.31 bits per heavy atom. The van der Waals surface area contributed by atoms with Crippen molar-refractivity contribution in [3.05, 3.63) is 12.2 Å². The monoisotopic (exact) mass is 180 g/mol. The molecule has 0 aromatic rings. The molecule has 0 radical (unpaired) electrons. The molecule has 2 heteroatoms. The minimum Gasteiger partial charge on any atom is -0.466 e. The molecule has 0 saturated heterocycles. The first kappa shape index (κ1) is 8.79. The van der Waals surface area contributed by atoms with E-state index in [4.69, 9.17) is 0 Å². The number of esters is 1. The molecule has 1 unspecified atom stereocenters. The first-order valence-electron chi connectivity index (χ1n) is 5.03. The summed E-state index contributed by atoms with van der Waals surface area (Å²) in [6, 6.07) is 0. The fraction of sp³-hybridized carbons (Fsp3) is 0.727. The van der Waals surface area contributed by atoms with Crippen molar-refractivity contribution in [2.45, 2.75) is 25.7 Å². The van der Waals surface area contributed by atoms with Crippen molar-refractivity contribution in [1.29, 1.82) is 0 Å². The highest BCUT2D eigenvalue weighted by Gasteiger charge is 2.53. The van der Waals surface area contributed by atoms with Crippen molar-refractivity contribution in [2.24, 2.45) is 17.8 Å². The van der Waals surface area contributed by atoms with Crippen molar-refractivity contribution in [2.75, 3.05) is 7.11 Å². The maximum atomic E-state index is 11.2. The maximum absolute atomic E-state index is 11.2. The van der Waals surface area contributed by atoms with Gasteiger partial charge in [0.25, 0.3) is 0 Å². The topological polar surface area (TPSA) is 26.3 Å². The van der Waals surface area contributed by atoms with Gasteiger partial charge in [0.05, 0.1) is 7.11 Å². The van der Waals surface area contributed by atoms with Gasteiger partial charge in [-0.05, 0) is 30.6 Å². The molecule has 0 aromatic heterocycles. The Bertz CT molecular complexity index is 232. The van der Waals surface area contributed by atoms with Crippen LogP contribution in [0.15, 0.2) is 12.2 Å². The smallest absolute Gasteiger partial charge is 0.333 e. The van der Waals surface area contributed by atoms with E-state index in [2.05, 4.69) is 11.3 Å². The van der Waals surface area contributed by atoms with E-state index in [1.54, 1.807) is 0 Å². The van der Waals surface area contributed by atoms with Crippen molar-refractivity contribution < 1.29 is 9.53 Å². The highest BCUT2D eigenvalue weighted by Crippen LogP contribution is 2.58. The van der Waals surface area contributed by atoms with Crippen LogP contribution in [0.1, 0.15) is 25.7 Å². The molecule has 0 N–H and O–H groups in total. The fourth-order valence-electron chi connectivity index (χ4n) is 2.78. The van der Waals surface area contributed by atoms with Crippen LogP contribution < -0.4 is 0 Å². The highest BCUT2D eigenvalue weighted by molar-refractivity contribution is 5.89. The minimum atomic E-state index is -0.209. The van der Waals surface area contributed by atoms with Gasteiger partial charge in [-0.1, -0.05) is 19.4 Å². The molecule has 3 atom stereocenters. The third-order valence-corrected chi connectivity index (χ3v) is 3.51. The predicted octanol–water partition coefficient (Wildman–Crippen LogP) is 2.15. The van der Waals surface area contributed by atoms with E-state index in [-0.39, 0.29) is 5.97 Å². The SMILES string of the molecule is C=C(C(=O)OC)C1[C@H]2CCCC[C@@H]12. The highest BCUT2D eigenvalue weighted by atomic mass is 16.5. The van der Waals surface area contributed by atoms with Crippen molar-refractivity contribution in [1.82, 2.24) is 0 Å². The molecule has 2 nitrogen and oxygen atoms in total. The van der Waals surface area contributed by atoms with Crippen LogP contribution in [0.2, 0.25) is 0 Å². The second kappa shape index (κ2) is 3.17. The van der Waals surface area contributed by atoms with Crippen molar-refractivity contribution in [3.8, 4) is 0 Å². The Morgan fingerprint density at radius 1 is 1.31 bits per heavy atom. The standard InChI is InChI=1S/C11H16O2/c1-7(11(12)13-2)10-8-5-3-4-6-9(8)10/h8-10H,1,3-6H2,2H3/t8-,9+,10?. The van der Waals surface area contributed by atoms with E-state index < -0.39 is 0 Å². The molecule has 0 aromatic carbocycles. The Balaban J connectivity index is 1.96. The number of carbonyl (C=O) groups excluding carboxylic acids is 1. The van der Waals surface area contributed by atoms with Crippen LogP contribution in [0.5, 0.6) is 0 Å². The zero-order valence-corrected chi connectivity index (χ0v) is 8.08. The number of hydrogen-bond donors (Lipinski definition) is 0. The molecule has 2 rings (SSSR count). The average molecular weight is 180 g/mol. The van der Waals surface area contributed by atoms with Gasteiger partial charge in [-0.25, -0.2) is 4.79 Å². The van der Waals surface area contributed by atoms with Crippen LogP contribution in [0.3, 0.4) is 0 Å². The molecule has 2 saturated carbocycles. The fourth-order valence-corrected chi connectivity index (χ4v) is 2.78. The van der Waals surface area contributed by atoms with Gasteiger partial charge in [-0.3, -0.25) is 0 Å². The lowest BCUT2D eigenvalue weighted by molar-refractivity contribution is -0.136. The number of methoxy groups -OCH3 is 1. The molecule has 0 bridgehead atoms. The quantitative estimate of drug-likeness (QED) is 0.481. The Labute approximate surface area is 79.0 Å². The van der Waals surface area contributed by atoms with Crippen LogP contribution in [0.4, 0.5) is 0 Å². The summed E-state index contributed by atoms with van der Waals surface area (Å²) in [6.07, 6.45) is 5.22. The molecule has 0 heterocycles. The largest absolute Gasteiger partial charge is 0.466 e. The Hall–Kier alpha value is -0.790. The maximum Gasteiger partial charge on any atom is 0.333 e. The molecular formula is C11H16O2. The van der Waals surface area contributed by atoms with Crippen molar-refractivity contribution >= 4 is 5.97 Å². The summed E-state index contributed by atoms with van der Waals surface area (Å²) in [5.74, 6) is 1.75. The van der Waals surface area contributed by atoms with Gasteiger partial charge in [0.2, 0.25) is 0 Å². The summed E-state index contributed by atoms with van der Waals surface area (Å²) >= 11 is 0. The number of fused-ring (bicyclic) bond motifs is 1. The normalized spacial score (nSPS) is 36.2. The van der Waals surface area contributed by atoms with Gasteiger partial charge >= 0.3 is 5.97 Å². The number of rotatable bonds is 2. The molecule has 72 valence electrons. The Kier molecular flexibility index (Phi) is 2.14. The van der Waals surface area contributed by atoms with E-state index in [0.29, 0.717) is 11.5 Å². The van der Waals surface area contributed by atoms with Crippen LogP contribution in [0, 0.1) is 17.8 Å². The lowest BCUT2D eigenvalue weighted by Gasteiger charge is -2.04. The summed E-state index contributed by atoms with van der Waals surface area (Å²) in [6.45, 7) is 3.84. The minimum absolute atomic E-state index is 0.209. The van der Waals surface area contributed by atoms with Crippen LogP contribution >= 0.6 is 0 Å². The van der Waals surface area contributed by atoms with Gasteiger partial charge in [-0.2, -0.15) is 0 Å². The zero-order chi connectivity index (χ0) is 9.42. The molecule has 2 fully saturated rings. The number of carbonyl (C=O) groups is 1. The van der Waals surface area contributed by atoms with Crippen LogP contribution in [0.25, 0.3) is 0 Å². The van der Waals surface area contributed by atoms with Gasteiger partial charge in [0.15, 0.2) is 0 Å². The van der Waals surface area contributed by atoms with Crippen LogP contribution in [-0.4, -0.2) is 13.1 Å². The first-order chi connectivity index (χ1) is 6.25. The molecular weight excluding hydrogens is 164 g/mol. The number of hydrogen-bond acceptors (Lipinski definition) is 2. The third kappa shape index (κ3) is 1.38. The second-order valence-corrected chi connectivity index (χ2v) is 4.15.